The van der Waals surface area contributed by atoms with Gasteiger partial charge in [-0.05, 0) is 42.8 Å². The van der Waals surface area contributed by atoms with Crippen molar-refractivity contribution in [2.45, 2.75) is 6.42 Å². The van der Waals surface area contributed by atoms with E-state index in [-0.39, 0.29) is 18.8 Å². The summed E-state index contributed by atoms with van der Waals surface area (Å²) in [7, 11) is 0.528. The molecular formula is C24H28N4O6S. The van der Waals surface area contributed by atoms with E-state index >= 15 is 0 Å². The number of carbonyl (C=O) groups is 2. The predicted molar refractivity (Wildman–Crippen MR) is 133 cm³/mol. The van der Waals surface area contributed by atoms with Gasteiger partial charge in [-0.15, -0.1) is 0 Å². The van der Waals surface area contributed by atoms with E-state index in [1.165, 1.54) is 33.5 Å². The standard InChI is InChI=1S/C24H28N4O6S/c1-27(2)35(32,33)28-16-18(20-7-4-5-8-22(20)28)15-21(24(31)25-13-6-14-29)26-23(30)17-9-11-19(34-3)12-10-17/h4-5,7-12,15-16,29H,6,13-14H2,1-3H3,(H,25,31)(H,26,30). The molecule has 0 fully saturated rings. The molecule has 0 unspecified atom stereocenters. The maximum atomic E-state index is 12.9. The molecule has 0 aliphatic rings. The Kier molecular flexibility index (Phi) is 8.28. The minimum atomic E-state index is -3.84. The maximum absolute atomic E-state index is 12.9. The van der Waals surface area contributed by atoms with Crippen molar-refractivity contribution in [3.05, 3.63) is 71.6 Å². The van der Waals surface area contributed by atoms with Gasteiger partial charge in [-0.25, -0.2) is 3.97 Å². The molecule has 2 aromatic carbocycles. The van der Waals surface area contributed by atoms with E-state index in [1.807, 2.05) is 0 Å². The van der Waals surface area contributed by atoms with Crippen molar-refractivity contribution in [1.29, 1.82) is 0 Å². The van der Waals surface area contributed by atoms with Gasteiger partial charge in [0.05, 0.1) is 12.6 Å². The van der Waals surface area contributed by atoms with Crippen LogP contribution in [0.15, 0.2) is 60.4 Å². The molecule has 3 aromatic rings. The van der Waals surface area contributed by atoms with E-state index in [4.69, 9.17) is 9.84 Å². The monoisotopic (exact) mass is 500 g/mol. The van der Waals surface area contributed by atoms with Gasteiger partial charge in [0.25, 0.3) is 11.8 Å². The number of ether oxygens (including phenoxy) is 1. The SMILES string of the molecule is COc1ccc(C(=O)NC(=Cc2cn(S(=O)(=O)N(C)C)c3ccccc23)C(=O)NCCCO)cc1. The number of para-hydroxylation sites is 1. The lowest BCUT2D eigenvalue weighted by molar-refractivity contribution is -0.117. The fourth-order valence-corrected chi connectivity index (χ4v) is 4.29. The number of benzene rings is 2. The van der Waals surface area contributed by atoms with Crippen molar-refractivity contribution < 1.29 is 27.9 Å². The number of nitrogens with zero attached hydrogens (tertiary/aromatic N) is 2. The van der Waals surface area contributed by atoms with Crippen LogP contribution in [0.2, 0.25) is 0 Å². The van der Waals surface area contributed by atoms with Gasteiger partial charge in [0, 0.05) is 50.0 Å². The minimum Gasteiger partial charge on any atom is -0.497 e. The summed E-state index contributed by atoms with van der Waals surface area (Å²) in [5.74, 6) is -0.526. The van der Waals surface area contributed by atoms with Gasteiger partial charge < -0.3 is 20.5 Å². The molecule has 1 aromatic heterocycles. The van der Waals surface area contributed by atoms with Crippen molar-refractivity contribution in [2.24, 2.45) is 0 Å². The van der Waals surface area contributed by atoms with E-state index in [2.05, 4.69) is 10.6 Å². The molecule has 11 heteroatoms. The highest BCUT2D eigenvalue weighted by atomic mass is 32.2. The van der Waals surface area contributed by atoms with Crippen LogP contribution in [-0.2, 0) is 15.0 Å². The van der Waals surface area contributed by atoms with E-state index < -0.39 is 22.0 Å². The van der Waals surface area contributed by atoms with Crippen molar-refractivity contribution in [1.82, 2.24) is 18.9 Å². The predicted octanol–water partition coefficient (Wildman–Crippen LogP) is 1.57. The number of nitrogens with one attached hydrogen (secondary N) is 2. The molecule has 0 saturated heterocycles. The summed E-state index contributed by atoms with van der Waals surface area (Å²) in [4.78, 5) is 25.8. The highest BCUT2D eigenvalue weighted by Gasteiger charge is 2.22. The summed E-state index contributed by atoms with van der Waals surface area (Å²) in [6.45, 7) is 0.0925. The Balaban J connectivity index is 2.06. The Bertz CT molecular complexity index is 1340. The number of rotatable bonds is 10. The highest BCUT2D eigenvalue weighted by Crippen LogP contribution is 2.25. The molecule has 1 heterocycles. The van der Waals surface area contributed by atoms with E-state index in [0.29, 0.717) is 34.2 Å². The van der Waals surface area contributed by atoms with Crippen LogP contribution in [0.4, 0.5) is 0 Å². The van der Waals surface area contributed by atoms with Gasteiger partial charge in [-0.3, -0.25) is 9.59 Å². The minimum absolute atomic E-state index is 0.0751. The average molecular weight is 501 g/mol. The molecule has 0 radical (unpaired) electrons. The van der Waals surface area contributed by atoms with Crippen molar-refractivity contribution in [3.63, 3.8) is 0 Å². The number of aromatic nitrogens is 1. The van der Waals surface area contributed by atoms with Gasteiger partial charge in [0.15, 0.2) is 0 Å². The number of aliphatic hydroxyl groups is 1. The number of aliphatic hydroxyl groups excluding tert-OH is 1. The smallest absolute Gasteiger partial charge is 0.307 e. The first-order chi connectivity index (χ1) is 16.7. The second kappa shape index (κ2) is 11.2. The molecule has 0 aliphatic carbocycles. The molecule has 186 valence electrons. The first-order valence-corrected chi connectivity index (χ1v) is 12.2. The van der Waals surface area contributed by atoms with Gasteiger partial charge in [0.1, 0.15) is 11.4 Å². The van der Waals surface area contributed by atoms with Gasteiger partial charge in [-0.2, -0.15) is 12.7 Å². The third kappa shape index (κ3) is 5.88. The summed E-state index contributed by atoms with van der Waals surface area (Å²) in [6, 6.07) is 13.2. The summed E-state index contributed by atoms with van der Waals surface area (Å²) in [5, 5.41) is 14.9. The lowest BCUT2D eigenvalue weighted by Crippen LogP contribution is -2.35. The fraction of sp³-hybridized carbons (Fsp3) is 0.250. The van der Waals surface area contributed by atoms with Crippen LogP contribution in [0.3, 0.4) is 0 Å². The van der Waals surface area contributed by atoms with E-state index in [1.54, 1.807) is 48.5 Å². The molecular weight excluding hydrogens is 472 g/mol. The zero-order valence-corrected chi connectivity index (χ0v) is 20.5. The molecule has 10 nitrogen and oxygen atoms in total. The van der Waals surface area contributed by atoms with Crippen LogP contribution >= 0.6 is 0 Å². The summed E-state index contributed by atoms with van der Waals surface area (Å²) < 4.78 is 33.0. The number of hydrogen-bond acceptors (Lipinski definition) is 6. The Morgan fingerprint density at radius 2 is 1.80 bits per heavy atom. The van der Waals surface area contributed by atoms with Crippen LogP contribution in [0.1, 0.15) is 22.3 Å². The van der Waals surface area contributed by atoms with Crippen LogP contribution in [0.5, 0.6) is 5.75 Å². The first-order valence-electron chi connectivity index (χ1n) is 10.8. The maximum Gasteiger partial charge on any atom is 0.307 e. The third-order valence-corrected chi connectivity index (χ3v) is 6.91. The Labute approximate surface area is 204 Å². The summed E-state index contributed by atoms with van der Waals surface area (Å²) >= 11 is 0. The van der Waals surface area contributed by atoms with Crippen molar-refractivity contribution >= 4 is 39.0 Å². The highest BCUT2D eigenvalue weighted by molar-refractivity contribution is 7.87. The molecule has 0 atom stereocenters. The number of methoxy groups -OCH3 is 1. The normalized spacial score (nSPS) is 12.1. The zero-order valence-electron chi connectivity index (χ0n) is 19.7. The average Bonchev–Trinajstić information content (AvgIpc) is 3.22. The molecule has 3 N–H and O–H groups in total. The molecule has 0 saturated carbocycles. The topological polar surface area (TPSA) is 130 Å². The number of hydrogen-bond donors (Lipinski definition) is 3. The fourth-order valence-electron chi connectivity index (χ4n) is 3.28. The largest absolute Gasteiger partial charge is 0.497 e. The quantitative estimate of drug-likeness (QED) is 0.286. The first kappa shape index (κ1) is 25.9. The van der Waals surface area contributed by atoms with Crippen molar-refractivity contribution in [3.8, 4) is 5.75 Å². The second-order valence-corrected chi connectivity index (χ2v) is 9.78. The van der Waals surface area contributed by atoms with Gasteiger partial charge >= 0.3 is 10.2 Å². The third-order valence-electron chi connectivity index (χ3n) is 5.18. The zero-order chi connectivity index (χ0) is 25.6. The molecule has 2 amide bonds. The van der Waals surface area contributed by atoms with Crippen LogP contribution in [-0.4, -0.2) is 68.0 Å². The van der Waals surface area contributed by atoms with Gasteiger partial charge in [0.2, 0.25) is 0 Å². The van der Waals surface area contributed by atoms with Crippen LogP contribution in [0, 0.1) is 0 Å². The molecule has 0 bridgehead atoms. The Morgan fingerprint density at radius 1 is 1.11 bits per heavy atom. The van der Waals surface area contributed by atoms with Gasteiger partial charge in [-0.1, -0.05) is 18.2 Å². The summed E-state index contributed by atoms with van der Waals surface area (Å²) in [6.07, 6.45) is 3.17. The lowest BCUT2D eigenvalue weighted by atomic mass is 10.1. The molecule has 35 heavy (non-hydrogen) atoms. The lowest BCUT2D eigenvalue weighted by Gasteiger charge is -2.13. The number of fused-ring (bicyclic) bond motifs is 1. The Morgan fingerprint density at radius 3 is 2.43 bits per heavy atom. The van der Waals surface area contributed by atoms with Crippen molar-refractivity contribution in [2.75, 3.05) is 34.4 Å². The Hall–Kier alpha value is -3.67. The number of carbonyl (C=O) groups excluding carboxylic acids is 2. The molecule has 0 spiro atoms. The summed E-state index contributed by atoms with van der Waals surface area (Å²) in [5.41, 5.74) is 1.08. The second-order valence-electron chi connectivity index (χ2n) is 7.76. The van der Waals surface area contributed by atoms with E-state index in [0.717, 1.165) is 8.28 Å². The van der Waals surface area contributed by atoms with E-state index in [9.17, 15) is 18.0 Å². The van der Waals surface area contributed by atoms with Crippen LogP contribution in [0.25, 0.3) is 17.0 Å². The molecule has 0 aliphatic heterocycles. The van der Waals surface area contributed by atoms with Crippen LogP contribution < -0.4 is 15.4 Å². The number of amides is 2. The molecule has 3 rings (SSSR count).